The Balaban J connectivity index is 1.61. The smallest absolute Gasteiger partial charge is 0.0522 e. The first-order chi connectivity index (χ1) is 7.42. The number of aromatic amines is 1. The van der Waals surface area contributed by atoms with Crippen LogP contribution in [0.25, 0.3) is 0 Å². The number of rotatable bonds is 2. The van der Waals surface area contributed by atoms with Crippen molar-refractivity contribution in [1.82, 2.24) is 15.5 Å². The van der Waals surface area contributed by atoms with Gasteiger partial charge in [0.25, 0.3) is 0 Å². The highest BCUT2D eigenvalue weighted by atomic mass is 32.2. The van der Waals surface area contributed by atoms with E-state index in [0.29, 0.717) is 6.04 Å². The van der Waals surface area contributed by atoms with Crippen LogP contribution in [0.5, 0.6) is 0 Å². The molecular formula is C11H17N3S. The van der Waals surface area contributed by atoms with E-state index in [2.05, 4.69) is 27.3 Å². The van der Waals surface area contributed by atoms with Crippen molar-refractivity contribution in [2.24, 2.45) is 0 Å². The van der Waals surface area contributed by atoms with Crippen LogP contribution in [0.4, 0.5) is 0 Å². The summed E-state index contributed by atoms with van der Waals surface area (Å²) in [7, 11) is 0. The molecule has 1 saturated heterocycles. The summed E-state index contributed by atoms with van der Waals surface area (Å²) in [5.74, 6) is 2.64. The molecule has 1 aromatic rings. The van der Waals surface area contributed by atoms with Crippen molar-refractivity contribution in [3.63, 3.8) is 0 Å². The lowest BCUT2D eigenvalue weighted by Crippen LogP contribution is -2.41. The van der Waals surface area contributed by atoms with Gasteiger partial charge in [0.05, 0.1) is 6.20 Å². The van der Waals surface area contributed by atoms with Crippen LogP contribution in [0.1, 0.15) is 24.1 Å². The van der Waals surface area contributed by atoms with E-state index in [4.69, 9.17) is 0 Å². The number of nitrogens with zero attached hydrogens (tertiary/aromatic N) is 1. The lowest BCUT2D eigenvalue weighted by molar-refractivity contribution is 0.409. The third-order valence-electron chi connectivity index (χ3n) is 3.42. The lowest BCUT2D eigenvalue weighted by Gasteiger charge is -2.25. The van der Waals surface area contributed by atoms with Crippen molar-refractivity contribution in [3.8, 4) is 0 Å². The highest BCUT2D eigenvalue weighted by molar-refractivity contribution is 7.99. The summed E-state index contributed by atoms with van der Waals surface area (Å²) < 4.78 is 0. The highest BCUT2D eigenvalue weighted by Crippen LogP contribution is 2.22. The number of hydrogen-bond donors (Lipinski definition) is 2. The summed E-state index contributed by atoms with van der Waals surface area (Å²) in [5, 5.41) is 11.0. The first kappa shape index (κ1) is 9.73. The monoisotopic (exact) mass is 223 g/mol. The molecule has 1 fully saturated rings. The Hall–Kier alpha value is -0.480. The maximum atomic E-state index is 4.11. The molecule has 82 valence electrons. The van der Waals surface area contributed by atoms with Gasteiger partial charge in [-0.3, -0.25) is 5.10 Å². The molecule has 1 aliphatic heterocycles. The van der Waals surface area contributed by atoms with Crippen molar-refractivity contribution >= 4 is 11.8 Å². The van der Waals surface area contributed by atoms with E-state index in [1.165, 1.54) is 35.6 Å². The number of hydrogen-bond acceptors (Lipinski definition) is 3. The van der Waals surface area contributed by atoms with Crippen LogP contribution in [0.2, 0.25) is 0 Å². The Morgan fingerprint density at radius 3 is 3.27 bits per heavy atom. The number of thioether (sulfide) groups is 1. The maximum absolute atomic E-state index is 4.11. The van der Waals surface area contributed by atoms with Gasteiger partial charge in [0.15, 0.2) is 0 Å². The number of aromatic nitrogens is 2. The molecule has 2 N–H and O–H groups in total. The fourth-order valence-electron chi connectivity index (χ4n) is 2.56. The van der Waals surface area contributed by atoms with E-state index < -0.39 is 0 Å². The molecule has 0 radical (unpaired) electrons. The fraction of sp³-hybridized carbons (Fsp3) is 0.727. The Morgan fingerprint density at radius 1 is 1.40 bits per heavy atom. The van der Waals surface area contributed by atoms with Gasteiger partial charge in [-0.15, -0.1) is 0 Å². The average molecular weight is 223 g/mol. The Labute approximate surface area is 94.4 Å². The molecule has 0 amide bonds. The number of aryl methyl sites for hydroxylation is 1. The summed E-state index contributed by atoms with van der Waals surface area (Å²) in [6.07, 6.45) is 6.92. The minimum Gasteiger partial charge on any atom is -0.310 e. The van der Waals surface area contributed by atoms with Gasteiger partial charge in [0.1, 0.15) is 0 Å². The molecular weight excluding hydrogens is 206 g/mol. The van der Waals surface area contributed by atoms with Gasteiger partial charge >= 0.3 is 0 Å². The van der Waals surface area contributed by atoms with E-state index >= 15 is 0 Å². The van der Waals surface area contributed by atoms with Crippen LogP contribution in [-0.4, -0.2) is 33.8 Å². The topological polar surface area (TPSA) is 40.7 Å². The van der Waals surface area contributed by atoms with Gasteiger partial charge in [0, 0.05) is 23.5 Å². The zero-order chi connectivity index (χ0) is 10.1. The van der Waals surface area contributed by atoms with E-state index in [-0.39, 0.29) is 0 Å². The molecule has 4 heteroatoms. The molecule has 0 aromatic carbocycles. The van der Waals surface area contributed by atoms with E-state index in [9.17, 15) is 0 Å². The zero-order valence-electron chi connectivity index (χ0n) is 8.83. The SMILES string of the molecule is c1n[nH]c2c1CC(NC1CCSC1)CC2. The summed E-state index contributed by atoms with van der Waals surface area (Å²) in [4.78, 5) is 0. The molecule has 3 rings (SSSR count). The van der Waals surface area contributed by atoms with Crippen LogP contribution >= 0.6 is 11.8 Å². The van der Waals surface area contributed by atoms with Crippen molar-refractivity contribution in [3.05, 3.63) is 17.5 Å². The standard InChI is InChI=1S/C11H17N3S/c1-2-11-8(6-12-14-11)5-9(1)13-10-3-4-15-7-10/h6,9-10,13H,1-5,7H2,(H,12,14). The molecule has 2 atom stereocenters. The molecule has 3 nitrogen and oxygen atoms in total. The molecule has 0 spiro atoms. The number of fused-ring (bicyclic) bond motifs is 1. The summed E-state index contributed by atoms with van der Waals surface area (Å²) >= 11 is 2.08. The number of H-pyrrole nitrogens is 1. The zero-order valence-corrected chi connectivity index (χ0v) is 9.65. The normalized spacial score (nSPS) is 30.4. The number of nitrogens with one attached hydrogen (secondary N) is 2. The quantitative estimate of drug-likeness (QED) is 0.795. The molecule has 15 heavy (non-hydrogen) atoms. The second-order valence-corrected chi connectivity index (χ2v) is 5.69. The summed E-state index contributed by atoms with van der Waals surface area (Å²) in [5.41, 5.74) is 2.78. The third-order valence-corrected chi connectivity index (χ3v) is 4.58. The van der Waals surface area contributed by atoms with Crippen LogP contribution in [0.15, 0.2) is 6.20 Å². The largest absolute Gasteiger partial charge is 0.310 e. The molecule has 0 bridgehead atoms. The second kappa shape index (κ2) is 4.18. The average Bonchev–Trinajstić information content (AvgIpc) is 2.87. The van der Waals surface area contributed by atoms with Crippen molar-refractivity contribution in [2.45, 2.75) is 37.8 Å². The van der Waals surface area contributed by atoms with Crippen LogP contribution in [0, 0.1) is 0 Å². The Bertz CT molecular complexity index is 330. The van der Waals surface area contributed by atoms with Crippen LogP contribution in [0.3, 0.4) is 0 Å². The van der Waals surface area contributed by atoms with E-state index in [1.807, 2.05) is 6.20 Å². The Morgan fingerprint density at radius 2 is 2.40 bits per heavy atom. The Kier molecular flexibility index (Phi) is 2.71. The minimum atomic E-state index is 0.679. The first-order valence-electron chi connectivity index (χ1n) is 5.77. The highest BCUT2D eigenvalue weighted by Gasteiger charge is 2.24. The van der Waals surface area contributed by atoms with Crippen LogP contribution < -0.4 is 5.32 Å². The van der Waals surface area contributed by atoms with Crippen molar-refractivity contribution < 1.29 is 0 Å². The lowest BCUT2D eigenvalue weighted by atomic mass is 9.93. The van der Waals surface area contributed by atoms with Gasteiger partial charge in [-0.2, -0.15) is 16.9 Å². The maximum Gasteiger partial charge on any atom is 0.0522 e. The van der Waals surface area contributed by atoms with Gasteiger partial charge < -0.3 is 5.32 Å². The third kappa shape index (κ3) is 2.06. The molecule has 0 saturated carbocycles. The van der Waals surface area contributed by atoms with E-state index in [1.54, 1.807) is 0 Å². The van der Waals surface area contributed by atoms with Gasteiger partial charge in [-0.25, -0.2) is 0 Å². The molecule has 2 heterocycles. The molecule has 2 aliphatic rings. The predicted molar refractivity (Wildman–Crippen MR) is 63.3 cm³/mol. The molecule has 1 aromatic heterocycles. The van der Waals surface area contributed by atoms with Gasteiger partial charge in [0.2, 0.25) is 0 Å². The second-order valence-electron chi connectivity index (χ2n) is 4.54. The molecule has 2 unspecified atom stereocenters. The van der Waals surface area contributed by atoms with Crippen molar-refractivity contribution in [1.29, 1.82) is 0 Å². The van der Waals surface area contributed by atoms with Crippen molar-refractivity contribution in [2.75, 3.05) is 11.5 Å². The minimum absolute atomic E-state index is 0.679. The first-order valence-corrected chi connectivity index (χ1v) is 6.92. The van der Waals surface area contributed by atoms with E-state index in [0.717, 1.165) is 18.9 Å². The fourth-order valence-corrected chi connectivity index (χ4v) is 3.72. The van der Waals surface area contributed by atoms with Gasteiger partial charge in [-0.05, 0) is 37.0 Å². The predicted octanol–water partition coefficient (Wildman–Crippen LogP) is 1.36. The van der Waals surface area contributed by atoms with Crippen LogP contribution in [-0.2, 0) is 12.8 Å². The summed E-state index contributed by atoms with van der Waals surface area (Å²) in [6.45, 7) is 0. The summed E-state index contributed by atoms with van der Waals surface area (Å²) in [6, 6.07) is 1.44. The van der Waals surface area contributed by atoms with Gasteiger partial charge in [-0.1, -0.05) is 0 Å². The molecule has 1 aliphatic carbocycles.